The van der Waals surface area contributed by atoms with E-state index in [0.717, 1.165) is 0 Å². The zero-order valence-electron chi connectivity index (χ0n) is 17.6. The second-order valence-electron chi connectivity index (χ2n) is 7.61. The van der Waals surface area contributed by atoms with E-state index in [1.165, 1.54) is 38.3 Å². The van der Waals surface area contributed by atoms with Gasteiger partial charge < -0.3 is 14.8 Å². The first kappa shape index (κ1) is 23.8. The summed E-state index contributed by atoms with van der Waals surface area (Å²) in [5, 5.41) is 11.7. The quantitative estimate of drug-likeness (QED) is 0.463. The van der Waals surface area contributed by atoms with Crippen LogP contribution in [0.15, 0.2) is 58.3 Å². The molecule has 0 fully saturated rings. The van der Waals surface area contributed by atoms with Gasteiger partial charge in [0.1, 0.15) is 5.75 Å². The van der Waals surface area contributed by atoms with Crippen LogP contribution < -0.4 is 10.3 Å². The molecule has 0 aliphatic rings. The van der Waals surface area contributed by atoms with Crippen molar-refractivity contribution in [2.24, 2.45) is 10.9 Å². The molecular formula is C23H22ClF3N2O3. The fourth-order valence-electron chi connectivity index (χ4n) is 3.61. The SMILES string of the molecule is COc1cc(Cl)ccc1C(C)C(C)C(O)(C=Nc1cccc2[nH]c(=O)ccc12)C(F)(F)F. The minimum atomic E-state index is -5.00. The summed E-state index contributed by atoms with van der Waals surface area (Å²) in [4.78, 5) is 18.1. The van der Waals surface area contributed by atoms with Crippen molar-refractivity contribution in [1.29, 1.82) is 0 Å². The molecule has 0 saturated heterocycles. The highest BCUT2D eigenvalue weighted by Gasteiger charge is 2.57. The third-order valence-electron chi connectivity index (χ3n) is 5.73. The zero-order valence-corrected chi connectivity index (χ0v) is 18.3. The topological polar surface area (TPSA) is 74.7 Å². The van der Waals surface area contributed by atoms with Gasteiger partial charge in [-0.2, -0.15) is 13.2 Å². The molecule has 1 aromatic heterocycles. The van der Waals surface area contributed by atoms with E-state index in [0.29, 0.717) is 33.5 Å². The van der Waals surface area contributed by atoms with E-state index in [-0.39, 0.29) is 11.2 Å². The molecule has 32 heavy (non-hydrogen) atoms. The number of rotatable bonds is 6. The molecule has 9 heteroatoms. The Balaban J connectivity index is 2.05. The lowest BCUT2D eigenvalue weighted by Crippen LogP contribution is -2.53. The van der Waals surface area contributed by atoms with Gasteiger partial charge in [-0.15, -0.1) is 0 Å². The van der Waals surface area contributed by atoms with Crippen LogP contribution in [0.1, 0.15) is 25.3 Å². The highest BCUT2D eigenvalue weighted by atomic mass is 35.5. The lowest BCUT2D eigenvalue weighted by molar-refractivity contribution is -0.246. The fourth-order valence-corrected chi connectivity index (χ4v) is 3.77. The molecule has 2 N–H and O–H groups in total. The number of pyridine rings is 1. The van der Waals surface area contributed by atoms with Crippen molar-refractivity contribution in [2.75, 3.05) is 7.11 Å². The normalized spacial score (nSPS) is 16.1. The molecule has 5 nitrogen and oxygen atoms in total. The van der Waals surface area contributed by atoms with Gasteiger partial charge in [-0.05, 0) is 41.8 Å². The lowest BCUT2D eigenvalue weighted by Gasteiger charge is -2.36. The van der Waals surface area contributed by atoms with Crippen LogP contribution in [0, 0.1) is 5.92 Å². The van der Waals surface area contributed by atoms with Crippen LogP contribution in [-0.4, -0.2) is 35.2 Å². The third kappa shape index (κ3) is 4.52. The van der Waals surface area contributed by atoms with Crippen LogP contribution in [0.3, 0.4) is 0 Å². The van der Waals surface area contributed by atoms with Crippen molar-refractivity contribution < 1.29 is 23.0 Å². The molecule has 3 aromatic rings. The van der Waals surface area contributed by atoms with E-state index >= 15 is 0 Å². The number of benzene rings is 2. The summed E-state index contributed by atoms with van der Waals surface area (Å²) < 4.78 is 47.6. The third-order valence-corrected chi connectivity index (χ3v) is 5.96. The Morgan fingerprint density at radius 1 is 1.16 bits per heavy atom. The van der Waals surface area contributed by atoms with Gasteiger partial charge >= 0.3 is 6.18 Å². The van der Waals surface area contributed by atoms with Crippen molar-refractivity contribution >= 4 is 34.4 Å². The molecule has 170 valence electrons. The predicted molar refractivity (Wildman–Crippen MR) is 119 cm³/mol. The first-order valence-corrected chi connectivity index (χ1v) is 10.2. The van der Waals surface area contributed by atoms with Crippen molar-refractivity contribution in [3.05, 3.63) is 69.5 Å². The number of aliphatic hydroxyl groups is 1. The van der Waals surface area contributed by atoms with E-state index in [1.54, 1.807) is 31.2 Å². The first-order valence-electron chi connectivity index (χ1n) is 9.77. The number of alkyl halides is 3. The van der Waals surface area contributed by atoms with Gasteiger partial charge in [0.05, 0.1) is 18.3 Å². The van der Waals surface area contributed by atoms with Gasteiger partial charge in [-0.25, -0.2) is 0 Å². The molecule has 3 rings (SSSR count). The van der Waals surface area contributed by atoms with Crippen LogP contribution in [-0.2, 0) is 0 Å². The first-order chi connectivity index (χ1) is 15.0. The number of aromatic amines is 1. The minimum absolute atomic E-state index is 0.186. The molecule has 0 saturated carbocycles. The van der Waals surface area contributed by atoms with Gasteiger partial charge in [0.15, 0.2) is 5.60 Å². The van der Waals surface area contributed by atoms with Crippen LogP contribution in [0.4, 0.5) is 18.9 Å². The Labute approximate surface area is 187 Å². The van der Waals surface area contributed by atoms with Gasteiger partial charge in [-0.1, -0.05) is 37.6 Å². The van der Waals surface area contributed by atoms with Crippen molar-refractivity contribution in [3.63, 3.8) is 0 Å². The average molecular weight is 467 g/mol. The number of nitrogens with one attached hydrogen (secondary N) is 1. The molecule has 2 aromatic carbocycles. The standard InChI is InChI=1S/C23H22ClF3N2O3/c1-13(16-8-7-15(24)11-20(16)32-3)14(2)22(31,23(25,26)27)12-28-18-5-4-6-19-17(18)9-10-21(30)29-19/h4-14,31H,1-3H3,(H,29,30). The van der Waals surface area contributed by atoms with Crippen LogP contribution >= 0.6 is 11.6 Å². The van der Waals surface area contributed by atoms with Crippen LogP contribution in [0.2, 0.25) is 5.02 Å². The number of H-pyrrole nitrogens is 1. The van der Waals surface area contributed by atoms with Gasteiger partial charge in [0.25, 0.3) is 0 Å². The maximum absolute atomic E-state index is 14.1. The number of methoxy groups -OCH3 is 1. The zero-order chi connectivity index (χ0) is 23.7. The Bertz CT molecular complexity index is 1210. The van der Waals surface area contributed by atoms with Crippen LogP contribution in [0.5, 0.6) is 5.75 Å². The molecule has 3 unspecified atom stereocenters. The van der Waals surface area contributed by atoms with E-state index < -0.39 is 23.6 Å². The minimum Gasteiger partial charge on any atom is -0.496 e. The summed E-state index contributed by atoms with van der Waals surface area (Å²) in [5.41, 5.74) is -2.49. The monoisotopic (exact) mass is 466 g/mol. The molecular weight excluding hydrogens is 445 g/mol. The number of hydrogen-bond acceptors (Lipinski definition) is 4. The lowest BCUT2D eigenvalue weighted by atomic mass is 9.77. The summed E-state index contributed by atoms with van der Waals surface area (Å²) >= 11 is 5.96. The van der Waals surface area contributed by atoms with E-state index in [4.69, 9.17) is 16.3 Å². The largest absolute Gasteiger partial charge is 0.496 e. The average Bonchev–Trinajstić information content (AvgIpc) is 2.75. The number of aliphatic imine (C=N–C) groups is 1. The number of ether oxygens (including phenoxy) is 1. The fraction of sp³-hybridized carbons (Fsp3) is 0.304. The van der Waals surface area contributed by atoms with Crippen molar-refractivity contribution in [2.45, 2.75) is 31.5 Å². The van der Waals surface area contributed by atoms with E-state index in [2.05, 4.69) is 9.98 Å². The summed E-state index contributed by atoms with van der Waals surface area (Å²) in [6.45, 7) is 2.88. The van der Waals surface area contributed by atoms with Crippen molar-refractivity contribution in [3.8, 4) is 5.75 Å². The van der Waals surface area contributed by atoms with Gasteiger partial charge in [0, 0.05) is 28.6 Å². The molecule has 0 amide bonds. The summed E-state index contributed by atoms with van der Waals surface area (Å²) in [5.74, 6) is -1.75. The van der Waals surface area contributed by atoms with Gasteiger partial charge in [0.2, 0.25) is 5.56 Å². The number of fused-ring (bicyclic) bond motifs is 1. The second kappa shape index (κ2) is 8.96. The smallest absolute Gasteiger partial charge is 0.422 e. The highest BCUT2D eigenvalue weighted by molar-refractivity contribution is 6.30. The number of nitrogens with zero attached hydrogens (tertiary/aromatic N) is 1. The summed E-state index contributed by atoms with van der Waals surface area (Å²) in [7, 11) is 1.40. The molecule has 0 aliphatic carbocycles. The number of aromatic nitrogens is 1. The maximum Gasteiger partial charge on any atom is 0.422 e. The molecule has 3 atom stereocenters. The Morgan fingerprint density at radius 2 is 1.88 bits per heavy atom. The summed E-state index contributed by atoms with van der Waals surface area (Å²) in [6, 6.07) is 12.1. The molecule has 0 aliphatic heterocycles. The molecule has 0 bridgehead atoms. The predicted octanol–water partition coefficient (Wildman–Crippen LogP) is 5.63. The number of hydrogen-bond donors (Lipinski definition) is 2. The number of halogens is 4. The van der Waals surface area contributed by atoms with Gasteiger partial charge in [-0.3, -0.25) is 9.79 Å². The molecule has 0 spiro atoms. The van der Waals surface area contributed by atoms with Crippen LogP contribution in [0.25, 0.3) is 10.9 Å². The molecule has 0 radical (unpaired) electrons. The Morgan fingerprint density at radius 3 is 2.53 bits per heavy atom. The van der Waals surface area contributed by atoms with E-state index in [1.807, 2.05) is 0 Å². The summed E-state index contributed by atoms with van der Waals surface area (Å²) in [6.07, 6.45) is -4.47. The van der Waals surface area contributed by atoms with E-state index in [9.17, 15) is 23.1 Å². The molecule has 1 heterocycles. The second-order valence-corrected chi connectivity index (χ2v) is 8.04. The van der Waals surface area contributed by atoms with Crippen molar-refractivity contribution in [1.82, 2.24) is 4.98 Å². The highest BCUT2D eigenvalue weighted by Crippen LogP contribution is 2.44. The Hall–Kier alpha value is -2.84. The maximum atomic E-state index is 14.1. The Kier molecular flexibility index (Phi) is 6.67.